The van der Waals surface area contributed by atoms with Crippen LogP contribution in [0.15, 0.2) is 30.3 Å². The molecular formula is C11H15N5O4. The van der Waals surface area contributed by atoms with Crippen molar-refractivity contribution in [2.75, 3.05) is 26.4 Å². The van der Waals surface area contributed by atoms with Gasteiger partial charge >= 0.3 is 0 Å². The van der Waals surface area contributed by atoms with Gasteiger partial charge in [-0.15, -0.1) is 10.0 Å². The molecule has 0 saturated carbocycles. The summed E-state index contributed by atoms with van der Waals surface area (Å²) in [5.41, 5.74) is 0.959. The maximum absolute atomic E-state index is 10.9. The van der Waals surface area contributed by atoms with Crippen molar-refractivity contribution in [3.63, 3.8) is 0 Å². The van der Waals surface area contributed by atoms with Gasteiger partial charge in [0.25, 0.3) is 0 Å². The fourth-order valence-corrected chi connectivity index (χ4v) is 2.09. The van der Waals surface area contributed by atoms with E-state index in [0.29, 0.717) is 6.54 Å². The predicted molar refractivity (Wildman–Crippen MR) is 69.1 cm³/mol. The van der Waals surface area contributed by atoms with Crippen molar-refractivity contribution in [1.82, 2.24) is 14.9 Å². The second-order valence-electron chi connectivity index (χ2n) is 4.53. The van der Waals surface area contributed by atoms with Gasteiger partial charge < -0.3 is 0 Å². The molecule has 0 amide bonds. The predicted octanol–water partition coefficient (Wildman–Crippen LogP) is 0.405. The second-order valence-corrected chi connectivity index (χ2v) is 4.53. The Balaban J connectivity index is 2.10. The molecule has 0 N–H and O–H groups in total. The van der Waals surface area contributed by atoms with Crippen LogP contribution in [0.25, 0.3) is 0 Å². The van der Waals surface area contributed by atoms with Crippen LogP contribution in [0.4, 0.5) is 0 Å². The third kappa shape index (κ3) is 3.54. The van der Waals surface area contributed by atoms with Gasteiger partial charge in [0.1, 0.15) is 26.4 Å². The summed E-state index contributed by atoms with van der Waals surface area (Å²) in [5.74, 6) is 0. The van der Waals surface area contributed by atoms with Crippen molar-refractivity contribution in [3.05, 3.63) is 56.1 Å². The summed E-state index contributed by atoms with van der Waals surface area (Å²) in [5, 5.41) is 22.8. The summed E-state index contributed by atoms with van der Waals surface area (Å²) < 4.78 is 0. The molecule has 0 aromatic heterocycles. The van der Waals surface area contributed by atoms with Crippen LogP contribution in [0.1, 0.15) is 5.56 Å². The van der Waals surface area contributed by atoms with Crippen LogP contribution in [0.5, 0.6) is 0 Å². The Labute approximate surface area is 115 Å². The van der Waals surface area contributed by atoms with E-state index in [2.05, 4.69) is 0 Å². The zero-order valence-corrected chi connectivity index (χ0v) is 10.8. The SMILES string of the molecule is O=[N+]([O-])N1CCN([N+](=O)[O-])CN(Cc2ccccc2)C1. The van der Waals surface area contributed by atoms with E-state index in [9.17, 15) is 20.2 Å². The zero-order chi connectivity index (χ0) is 14.5. The van der Waals surface area contributed by atoms with Gasteiger partial charge in [0.15, 0.2) is 10.1 Å². The second kappa shape index (κ2) is 6.15. The molecule has 1 aromatic carbocycles. The molecule has 0 aliphatic carbocycles. The third-order valence-electron chi connectivity index (χ3n) is 3.05. The van der Waals surface area contributed by atoms with Crippen LogP contribution >= 0.6 is 0 Å². The maximum Gasteiger partial charge on any atom is 0.161 e. The fourth-order valence-electron chi connectivity index (χ4n) is 2.09. The average Bonchev–Trinajstić information content (AvgIpc) is 2.63. The molecule has 9 heteroatoms. The minimum Gasteiger partial charge on any atom is -0.254 e. The Morgan fingerprint density at radius 3 is 1.90 bits per heavy atom. The highest BCUT2D eigenvalue weighted by Gasteiger charge is 2.29. The average molecular weight is 281 g/mol. The largest absolute Gasteiger partial charge is 0.254 e. The Kier molecular flexibility index (Phi) is 4.31. The van der Waals surface area contributed by atoms with Gasteiger partial charge in [0, 0.05) is 6.54 Å². The van der Waals surface area contributed by atoms with E-state index in [0.717, 1.165) is 15.6 Å². The number of rotatable bonds is 4. The Bertz CT molecular complexity index is 459. The van der Waals surface area contributed by atoms with Crippen molar-refractivity contribution in [2.24, 2.45) is 0 Å². The van der Waals surface area contributed by atoms with Gasteiger partial charge in [-0.3, -0.25) is 4.90 Å². The first-order valence-corrected chi connectivity index (χ1v) is 6.11. The number of hydrogen-bond donors (Lipinski definition) is 0. The Morgan fingerprint density at radius 1 is 0.950 bits per heavy atom. The molecule has 1 aliphatic heterocycles. The molecule has 1 fully saturated rings. The monoisotopic (exact) mass is 281 g/mol. The van der Waals surface area contributed by atoms with Crippen molar-refractivity contribution in [2.45, 2.75) is 6.54 Å². The van der Waals surface area contributed by atoms with Gasteiger partial charge in [-0.25, -0.2) is 20.2 Å². The van der Waals surface area contributed by atoms with Crippen LogP contribution in [-0.2, 0) is 6.54 Å². The summed E-state index contributed by atoms with van der Waals surface area (Å²) in [6.07, 6.45) is 0. The molecule has 1 aliphatic rings. The van der Waals surface area contributed by atoms with Gasteiger partial charge in [-0.05, 0) is 5.56 Å². The molecule has 1 heterocycles. The molecule has 0 unspecified atom stereocenters. The lowest BCUT2D eigenvalue weighted by molar-refractivity contribution is -0.666. The number of benzene rings is 1. The Hall–Kier alpha value is -2.42. The topological polar surface area (TPSA) is 96.0 Å². The van der Waals surface area contributed by atoms with E-state index < -0.39 is 10.1 Å². The number of nitrogens with zero attached hydrogens (tertiary/aromatic N) is 5. The molecule has 2 rings (SSSR count). The van der Waals surface area contributed by atoms with Crippen LogP contribution in [0.3, 0.4) is 0 Å². The van der Waals surface area contributed by atoms with Gasteiger partial charge in [0.2, 0.25) is 0 Å². The molecule has 0 atom stereocenters. The summed E-state index contributed by atoms with van der Waals surface area (Å²) in [6, 6.07) is 9.38. The lowest BCUT2D eigenvalue weighted by atomic mass is 10.2. The highest BCUT2D eigenvalue weighted by molar-refractivity contribution is 5.14. The Morgan fingerprint density at radius 2 is 1.45 bits per heavy atom. The molecule has 1 aromatic rings. The number of hydrazine groups is 2. The van der Waals surface area contributed by atoms with E-state index in [4.69, 9.17) is 0 Å². The van der Waals surface area contributed by atoms with Gasteiger partial charge in [0.05, 0.1) is 0 Å². The fraction of sp³-hybridized carbons (Fsp3) is 0.455. The lowest BCUT2D eigenvalue weighted by Gasteiger charge is -2.22. The van der Waals surface area contributed by atoms with E-state index in [-0.39, 0.29) is 26.4 Å². The summed E-state index contributed by atoms with van der Waals surface area (Å²) in [7, 11) is 0. The molecule has 1 saturated heterocycles. The summed E-state index contributed by atoms with van der Waals surface area (Å²) >= 11 is 0. The quantitative estimate of drug-likeness (QED) is 0.582. The smallest absolute Gasteiger partial charge is 0.161 e. The van der Waals surface area contributed by atoms with Crippen molar-refractivity contribution >= 4 is 0 Å². The van der Waals surface area contributed by atoms with Crippen molar-refractivity contribution in [3.8, 4) is 0 Å². The molecule has 0 bridgehead atoms. The standard InChI is InChI=1S/C11H15N5O4/c17-15(18)13-6-7-14(16(19)20)10-12(9-13)8-11-4-2-1-3-5-11/h1-5H,6-10H2. The molecule has 108 valence electrons. The lowest BCUT2D eigenvalue weighted by Crippen LogP contribution is -2.41. The molecule has 20 heavy (non-hydrogen) atoms. The van der Waals surface area contributed by atoms with E-state index in [1.54, 1.807) is 4.90 Å². The number of nitro groups is 2. The molecule has 9 nitrogen and oxygen atoms in total. The van der Waals surface area contributed by atoms with Crippen molar-refractivity contribution in [1.29, 1.82) is 0 Å². The van der Waals surface area contributed by atoms with E-state index in [1.807, 2.05) is 30.3 Å². The van der Waals surface area contributed by atoms with E-state index in [1.165, 1.54) is 0 Å². The summed E-state index contributed by atoms with van der Waals surface area (Å²) in [6.45, 7) is 0.604. The highest BCUT2D eigenvalue weighted by atomic mass is 16.7. The van der Waals surface area contributed by atoms with Crippen LogP contribution in [0.2, 0.25) is 0 Å². The van der Waals surface area contributed by atoms with Gasteiger partial charge in [-0.2, -0.15) is 0 Å². The minimum atomic E-state index is -0.512. The minimum absolute atomic E-state index is 0.0271. The maximum atomic E-state index is 10.9. The summed E-state index contributed by atoms with van der Waals surface area (Å²) in [4.78, 5) is 23.5. The van der Waals surface area contributed by atoms with Crippen molar-refractivity contribution < 1.29 is 10.1 Å². The number of hydrogen-bond acceptors (Lipinski definition) is 5. The van der Waals surface area contributed by atoms with Crippen LogP contribution in [-0.4, -0.2) is 51.4 Å². The molecule has 0 radical (unpaired) electrons. The third-order valence-corrected chi connectivity index (χ3v) is 3.05. The van der Waals surface area contributed by atoms with Crippen LogP contribution in [0, 0.1) is 20.2 Å². The highest BCUT2D eigenvalue weighted by Crippen LogP contribution is 2.10. The first-order valence-electron chi connectivity index (χ1n) is 6.11. The van der Waals surface area contributed by atoms with Crippen LogP contribution < -0.4 is 0 Å². The normalized spacial score (nSPS) is 16.8. The van der Waals surface area contributed by atoms with Gasteiger partial charge in [-0.1, -0.05) is 30.3 Å². The molecule has 0 spiro atoms. The zero-order valence-electron chi connectivity index (χ0n) is 10.8. The first-order chi connectivity index (χ1) is 9.56. The van der Waals surface area contributed by atoms with E-state index >= 15 is 0 Å². The first kappa shape index (κ1) is 14.0. The molecular weight excluding hydrogens is 266 g/mol.